The Morgan fingerprint density at radius 3 is 2.82 bits per heavy atom. The van der Waals surface area contributed by atoms with Crippen LogP contribution in [0.4, 0.5) is 5.69 Å². The van der Waals surface area contributed by atoms with E-state index in [0.717, 1.165) is 29.6 Å². The van der Waals surface area contributed by atoms with E-state index in [0.29, 0.717) is 37.5 Å². The Kier molecular flexibility index (Phi) is 7.20. The first kappa shape index (κ1) is 23.8. The number of aromatic nitrogens is 2. The van der Waals surface area contributed by atoms with Crippen LogP contribution in [0.1, 0.15) is 17.5 Å². The Morgan fingerprint density at radius 1 is 1.26 bits per heavy atom. The number of aliphatic hydroxyl groups is 1. The van der Waals surface area contributed by atoms with Gasteiger partial charge in [-0.1, -0.05) is 12.1 Å². The number of rotatable bonds is 8. The van der Waals surface area contributed by atoms with Crippen molar-refractivity contribution in [2.45, 2.75) is 38.6 Å². The molecule has 10 heteroatoms. The predicted octanol–water partition coefficient (Wildman–Crippen LogP) is 1.85. The standard InChI is InChI=1S/C24H29N5O5/c1-16-3-4-17(11-21(16)29(32)33)13-25-20-7-8-27(15-23(20)30)9-10-28-22-12-18(34-2)5-6-19(22)26-14-24(28)31/h3-6,11-12,14,20,23,25,30H,7-10,13,15H2,1-2H3/t20-,23-/m0/s1. The Labute approximate surface area is 196 Å². The number of nitro groups is 1. The average molecular weight is 468 g/mol. The van der Waals surface area contributed by atoms with Crippen molar-refractivity contribution >= 4 is 16.7 Å². The van der Waals surface area contributed by atoms with E-state index in [-0.39, 0.29) is 22.2 Å². The van der Waals surface area contributed by atoms with Gasteiger partial charge in [-0.05, 0) is 37.6 Å². The quantitative estimate of drug-likeness (QED) is 0.380. The smallest absolute Gasteiger partial charge is 0.272 e. The SMILES string of the molecule is COc1ccc2ncc(=O)n(CCN3CC[C@H](NCc4ccc(C)c([N+](=O)[O-])c4)[C@@H](O)C3)c2c1. The van der Waals surface area contributed by atoms with Crippen molar-refractivity contribution in [3.8, 4) is 5.75 Å². The number of β-amino-alcohol motifs (C(OH)–C–C–N with tert-alkyl or cyclic N) is 1. The van der Waals surface area contributed by atoms with Gasteiger partial charge < -0.3 is 19.7 Å². The van der Waals surface area contributed by atoms with Crippen LogP contribution in [0.2, 0.25) is 0 Å². The second kappa shape index (κ2) is 10.3. The summed E-state index contributed by atoms with van der Waals surface area (Å²) in [6, 6.07) is 10.5. The molecule has 1 aromatic heterocycles. The van der Waals surface area contributed by atoms with E-state index in [1.165, 1.54) is 6.20 Å². The molecule has 10 nitrogen and oxygen atoms in total. The molecule has 0 bridgehead atoms. The summed E-state index contributed by atoms with van der Waals surface area (Å²) in [7, 11) is 1.58. The molecule has 3 aromatic rings. The monoisotopic (exact) mass is 467 g/mol. The van der Waals surface area contributed by atoms with E-state index < -0.39 is 6.10 Å². The fourth-order valence-electron chi connectivity index (χ4n) is 4.39. The van der Waals surface area contributed by atoms with Gasteiger partial charge in [0.2, 0.25) is 0 Å². The van der Waals surface area contributed by atoms with Gasteiger partial charge in [0.05, 0.1) is 35.4 Å². The topological polar surface area (TPSA) is 123 Å². The van der Waals surface area contributed by atoms with Gasteiger partial charge in [-0.25, -0.2) is 4.98 Å². The van der Waals surface area contributed by atoms with Crippen LogP contribution in [0, 0.1) is 17.0 Å². The highest BCUT2D eigenvalue weighted by Crippen LogP contribution is 2.21. The van der Waals surface area contributed by atoms with E-state index in [4.69, 9.17) is 4.74 Å². The minimum absolute atomic E-state index is 0.103. The zero-order valence-corrected chi connectivity index (χ0v) is 19.3. The zero-order valence-electron chi connectivity index (χ0n) is 19.3. The number of fused-ring (bicyclic) bond motifs is 1. The first-order valence-corrected chi connectivity index (χ1v) is 11.3. The molecule has 1 fully saturated rings. The molecule has 4 rings (SSSR count). The highest BCUT2D eigenvalue weighted by atomic mass is 16.6. The summed E-state index contributed by atoms with van der Waals surface area (Å²) in [5.74, 6) is 0.662. The van der Waals surface area contributed by atoms with E-state index in [2.05, 4.69) is 15.2 Å². The van der Waals surface area contributed by atoms with Gasteiger partial charge >= 0.3 is 0 Å². The molecule has 1 aliphatic rings. The van der Waals surface area contributed by atoms with E-state index in [9.17, 15) is 20.0 Å². The molecule has 0 unspecified atom stereocenters. The maximum absolute atomic E-state index is 12.5. The van der Waals surface area contributed by atoms with Gasteiger partial charge in [-0.2, -0.15) is 0 Å². The van der Waals surface area contributed by atoms with Crippen molar-refractivity contribution in [3.63, 3.8) is 0 Å². The summed E-state index contributed by atoms with van der Waals surface area (Å²) in [6.07, 6.45) is 1.48. The molecule has 2 heterocycles. The van der Waals surface area contributed by atoms with Crippen molar-refractivity contribution in [3.05, 3.63) is 74.2 Å². The van der Waals surface area contributed by atoms with Crippen molar-refractivity contribution in [1.82, 2.24) is 19.8 Å². The van der Waals surface area contributed by atoms with Crippen LogP contribution >= 0.6 is 0 Å². The average Bonchev–Trinajstić information content (AvgIpc) is 2.83. The Bertz CT molecular complexity index is 1240. The number of benzene rings is 2. The number of nitro benzene ring substituents is 1. The molecule has 1 aliphatic heterocycles. The maximum Gasteiger partial charge on any atom is 0.272 e. The van der Waals surface area contributed by atoms with Crippen LogP contribution in [0.3, 0.4) is 0 Å². The second-order valence-electron chi connectivity index (χ2n) is 8.62. The van der Waals surface area contributed by atoms with Gasteiger partial charge in [0.25, 0.3) is 11.2 Å². The molecular weight excluding hydrogens is 438 g/mol. The Balaban J connectivity index is 1.35. The van der Waals surface area contributed by atoms with Gasteiger partial charge in [-0.3, -0.25) is 19.8 Å². The number of ether oxygens (including phenoxy) is 1. The number of likely N-dealkylation sites (tertiary alicyclic amines) is 1. The Morgan fingerprint density at radius 2 is 2.09 bits per heavy atom. The van der Waals surface area contributed by atoms with Crippen molar-refractivity contribution < 1.29 is 14.8 Å². The summed E-state index contributed by atoms with van der Waals surface area (Å²) >= 11 is 0. The van der Waals surface area contributed by atoms with Gasteiger partial charge in [-0.15, -0.1) is 0 Å². The fraction of sp³-hybridized carbons (Fsp3) is 0.417. The second-order valence-corrected chi connectivity index (χ2v) is 8.62. The third kappa shape index (κ3) is 5.24. The van der Waals surface area contributed by atoms with Crippen molar-refractivity contribution in [2.24, 2.45) is 0 Å². The molecule has 0 spiro atoms. The van der Waals surface area contributed by atoms with Crippen molar-refractivity contribution in [2.75, 3.05) is 26.7 Å². The van der Waals surface area contributed by atoms with Crippen molar-refractivity contribution in [1.29, 1.82) is 0 Å². The van der Waals surface area contributed by atoms with Crippen LogP contribution in [0.5, 0.6) is 5.75 Å². The maximum atomic E-state index is 12.5. The summed E-state index contributed by atoms with van der Waals surface area (Å²) in [6.45, 7) is 4.50. The molecule has 180 valence electrons. The predicted molar refractivity (Wildman–Crippen MR) is 128 cm³/mol. The number of nitrogens with zero attached hydrogens (tertiary/aromatic N) is 4. The first-order chi connectivity index (χ1) is 16.4. The first-order valence-electron chi connectivity index (χ1n) is 11.3. The number of aliphatic hydroxyl groups excluding tert-OH is 1. The number of hydrogen-bond acceptors (Lipinski definition) is 8. The number of nitrogens with one attached hydrogen (secondary N) is 1. The largest absolute Gasteiger partial charge is 0.497 e. The summed E-state index contributed by atoms with van der Waals surface area (Å²) in [4.78, 5) is 29.6. The molecule has 1 saturated heterocycles. The summed E-state index contributed by atoms with van der Waals surface area (Å²) in [5, 5.41) is 25.2. The van der Waals surface area contributed by atoms with Gasteiger partial charge in [0.1, 0.15) is 5.75 Å². The van der Waals surface area contributed by atoms with Crippen LogP contribution in [-0.2, 0) is 13.1 Å². The lowest BCUT2D eigenvalue weighted by molar-refractivity contribution is -0.385. The zero-order chi connectivity index (χ0) is 24.2. The Hall–Kier alpha value is -3.34. The third-order valence-corrected chi connectivity index (χ3v) is 6.40. The fourth-order valence-corrected chi connectivity index (χ4v) is 4.39. The van der Waals surface area contributed by atoms with E-state index >= 15 is 0 Å². The molecule has 2 aromatic carbocycles. The number of piperidine rings is 1. The molecule has 0 radical (unpaired) electrons. The molecule has 2 N–H and O–H groups in total. The van der Waals surface area contributed by atoms with E-state index in [1.54, 1.807) is 30.7 Å². The lowest BCUT2D eigenvalue weighted by atomic mass is 10.0. The normalized spacial score (nSPS) is 18.8. The minimum atomic E-state index is -0.583. The molecule has 34 heavy (non-hydrogen) atoms. The van der Waals surface area contributed by atoms with Crippen LogP contribution in [0.25, 0.3) is 11.0 Å². The van der Waals surface area contributed by atoms with Crippen LogP contribution in [-0.4, -0.2) is 63.4 Å². The van der Waals surface area contributed by atoms with Crippen LogP contribution < -0.4 is 15.6 Å². The lowest BCUT2D eigenvalue weighted by Crippen LogP contribution is -2.53. The lowest BCUT2D eigenvalue weighted by Gasteiger charge is -2.36. The number of methoxy groups -OCH3 is 1. The number of aryl methyl sites for hydroxylation is 1. The summed E-state index contributed by atoms with van der Waals surface area (Å²) in [5.41, 5.74) is 2.81. The summed E-state index contributed by atoms with van der Waals surface area (Å²) < 4.78 is 6.98. The molecule has 0 aliphatic carbocycles. The highest BCUT2D eigenvalue weighted by Gasteiger charge is 2.27. The van der Waals surface area contributed by atoms with Gasteiger partial charge in [0.15, 0.2) is 0 Å². The molecular formula is C24H29N5O5. The molecule has 0 amide bonds. The van der Waals surface area contributed by atoms with E-state index in [1.807, 2.05) is 24.3 Å². The van der Waals surface area contributed by atoms with Gasteiger partial charge in [0, 0.05) is 49.9 Å². The highest BCUT2D eigenvalue weighted by molar-refractivity contribution is 5.76. The molecule has 2 atom stereocenters. The molecule has 0 saturated carbocycles. The minimum Gasteiger partial charge on any atom is -0.497 e. The third-order valence-electron chi connectivity index (χ3n) is 6.40. The van der Waals surface area contributed by atoms with Crippen LogP contribution in [0.15, 0.2) is 47.4 Å². The number of hydrogen-bond donors (Lipinski definition) is 2.